The van der Waals surface area contributed by atoms with Crippen molar-refractivity contribution in [1.29, 1.82) is 0 Å². The van der Waals surface area contributed by atoms with Crippen molar-refractivity contribution in [2.24, 2.45) is 0 Å². The number of allylic oxidation sites excluding steroid dienone is 2. The molecule has 6 heterocycles. The second-order valence-electron chi connectivity index (χ2n) is 10.5. The van der Waals surface area contributed by atoms with Gasteiger partial charge < -0.3 is 18.9 Å². The summed E-state index contributed by atoms with van der Waals surface area (Å²) in [6, 6.07) is 16.0. The van der Waals surface area contributed by atoms with Crippen LogP contribution in [0, 0.1) is 0 Å². The minimum Gasteiger partial charge on any atom is -0.487 e. The molecule has 0 aliphatic heterocycles. The molecule has 0 atom stereocenters. The molecule has 0 aromatic carbocycles. The van der Waals surface area contributed by atoms with Crippen molar-refractivity contribution in [1.82, 2.24) is 0 Å². The van der Waals surface area contributed by atoms with E-state index in [-0.39, 0.29) is 14.8 Å². The van der Waals surface area contributed by atoms with E-state index >= 15 is 26.3 Å². The molecule has 0 saturated heterocycles. The van der Waals surface area contributed by atoms with Crippen molar-refractivity contribution in [2.45, 2.75) is 17.8 Å². The van der Waals surface area contributed by atoms with Crippen molar-refractivity contribution < 1.29 is 45.3 Å². The third kappa shape index (κ3) is 5.42. The maximum atomic E-state index is 16.3. The zero-order valence-electron chi connectivity index (χ0n) is 25.6. The quantitative estimate of drug-likeness (QED) is 0.130. The summed E-state index contributed by atoms with van der Waals surface area (Å²) >= 11 is 6.82. The molecule has 0 bridgehead atoms. The summed E-state index contributed by atoms with van der Waals surface area (Å²) in [6.07, 6.45) is 0. The number of halogens is 6. The van der Waals surface area contributed by atoms with Crippen molar-refractivity contribution >= 4 is 79.2 Å². The fourth-order valence-electron chi connectivity index (χ4n) is 5.42. The van der Waals surface area contributed by atoms with E-state index in [1.54, 1.807) is 42.5 Å². The Labute approximate surface area is 300 Å². The molecule has 0 spiro atoms. The highest BCUT2D eigenvalue weighted by molar-refractivity contribution is 7.28. The molecule has 0 N–H and O–H groups in total. The van der Waals surface area contributed by atoms with Gasteiger partial charge >= 0.3 is 17.8 Å². The van der Waals surface area contributed by atoms with Gasteiger partial charge in [0.25, 0.3) is 0 Å². The Hall–Kier alpha value is -3.28. The molecule has 0 saturated carbocycles. The summed E-state index contributed by atoms with van der Waals surface area (Å²) in [5, 5.41) is 1.71. The molecular formula is C33H22F6O4S6. The van der Waals surface area contributed by atoms with Crippen LogP contribution in [0.4, 0.5) is 26.3 Å². The molecule has 0 fully saturated rings. The van der Waals surface area contributed by atoms with Crippen LogP contribution in [-0.4, -0.2) is 46.2 Å². The highest BCUT2D eigenvalue weighted by atomic mass is 32.1. The van der Waals surface area contributed by atoms with Crippen molar-refractivity contribution in [2.75, 3.05) is 28.4 Å². The van der Waals surface area contributed by atoms with E-state index in [0.29, 0.717) is 34.7 Å². The molecule has 49 heavy (non-hydrogen) atoms. The van der Waals surface area contributed by atoms with Gasteiger partial charge in [0.05, 0.1) is 38.2 Å². The molecule has 0 radical (unpaired) electrons. The van der Waals surface area contributed by atoms with Crippen molar-refractivity contribution in [3.05, 3.63) is 71.8 Å². The normalized spacial score (nSPS) is 16.4. The van der Waals surface area contributed by atoms with Gasteiger partial charge in [-0.2, -0.15) is 26.3 Å². The standard InChI is InChI=1S/C33H22F6O4S6/c1-40-23-10-7-18(45-23)17-5-6-20(44-17)30-16(14-26(43-4)49-30)28-27(31(34,35)33(38,39)32(28,36)37)15-13-22(19-8-11-24(41-2)46-19)48-29(15)21-9-12-25(42-3)47-21/h5-14H,1-4H3. The maximum absolute atomic E-state index is 16.3. The third-order valence-electron chi connectivity index (χ3n) is 7.73. The Morgan fingerprint density at radius 2 is 0.796 bits per heavy atom. The number of methoxy groups -OCH3 is 4. The molecule has 4 nitrogen and oxygen atoms in total. The van der Waals surface area contributed by atoms with Crippen LogP contribution in [0.2, 0.25) is 0 Å². The highest BCUT2D eigenvalue weighted by Gasteiger charge is 2.80. The molecule has 256 valence electrons. The summed E-state index contributed by atoms with van der Waals surface area (Å²) in [6.45, 7) is 0. The van der Waals surface area contributed by atoms with Crippen LogP contribution < -0.4 is 18.9 Å². The summed E-state index contributed by atoms with van der Waals surface area (Å²) in [4.78, 5) is 3.65. The molecular weight excluding hydrogens is 767 g/mol. The smallest absolute Gasteiger partial charge is 0.380 e. The largest absolute Gasteiger partial charge is 0.487 e. The number of hydrogen-bond donors (Lipinski definition) is 0. The number of hydrogen-bond acceptors (Lipinski definition) is 10. The van der Waals surface area contributed by atoms with Gasteiger partial charge in [0.2, 0.25) is 0 Å². The minimum absolute atomic E-state index is 0.0961. The molecule has 0 amide bonds. The van der Waals surface area contributed by atoms with Gasteiger partial charge in [-0.15, -0.1) is 22.7 Å². The average Bonchev–Trinajstić information content (AvgIpc) is 3.92. The first kappa shape index (κ1) is 34.2. The van der Waals surface area contributed by atoms with Crippen LogP contribution in [-0.2, 0) is 0 Å². The molecule has 1 aliphatic rings. The van der Waals surface area contributed by atoms with Crippen LogP contribution in [0.15, 0.2) is 60.7 Å². The Balaban J connectivity index is 1.50. The first-order valence-corrected chi connectivity index (χ1v) is 19.0. The predicted octanol–water partition coefficient (Wildman–Crippen LogP) is 12.6. The van der Waals surface area contributed by atoms with Gasteiger partial charge in [0.1, 0.15) is 0 Å². The highest BCUT2D eigenvalue weighted by Crippen LogP contribution is 2.68. The maximum Gasteiger partial charge on any atom is 0.380 e. The number of ether oxygens (including phenoxy) is 4. The van der Waals surface area contributed by atoms with Gasteiger partial charge in [0, 0.05) is 57.6 Å². The van der Waals surface area contributed by atoms with Gasteiger partial charge in [-0.1, -0.05) is 45.3 Å². The second-order valence-corrected chi connectivity index (χ2v) is 16.8. The topological polar surface area (TPSA) is 36.9 Å². The van der Waals surface area contributed by atoms with E-state index in [2.05, 4.69) is 0 Å². The lowest BCUT2D eigenvalue weighted by atomic mass is 9.94. The molecule has 1 aliphatic carbocycles. The zero-order chi connectivity index (χ0) is 34.9. The van der Waals surface area contributed by atoms with Gasteiger partial charge in [0.15, 0.2) is 20.3 Å². The first-order chi connectivity index (χ1) is 23.3. The van der Waals surface area contributed by atoms with E-state index in [0.717, 1.165) is 49.8 Å². The molecule has 6 aromatic rings. The average molecular weight is 789 g/mol. The van der Waals surface area contributed by atoms with Crippen LogP contribution in [0.25, 0.3) is 50.2 Å². The Bertz CT molecular complexity index is 2200. The molecule has 0 unspecified atom stereocenters. The van der Waals surface area contributed by atoms with Crippen LogP contribution in [0.5, 0.6) is 20.3 Å². The van der Waals surface area contributed by atoms with Gasteiger partial charge in [-0.05, 0) is 54.6 Å². The summed E-state index contributed by atoms with van der Waals surface area (Å²) in [7, 11) is 5.73. The predicted molar refractivity (Wildman–Crippen MR) is 190 cm³/mol. The van der Waals surface area contributed by atoms with E-state index in [9.17, 15) is 0 Å². The lowest BCUT2D eigenvalue weighted by Gasteiger charge is -2.25. The monoisotopic (exact) mass is 788 g/mol. The van der Waals surface area contributed by atoms with Gasteiger partial charge in [-0.3, -0.25) is 0 Å². The van der Waals surface area contributed by atoms with Crippen LogP contribution in [0.1, 0.15) is 11.1 Å². The van der Waals surface area contributed by atoms with Crippen LogP contribution >= 0.6 is 68.0 Å². The van der Waals surface area contributed by atoms with Crippen molar-refractivity contribution in [3.63, 3.8) is 0 Å². The minimum atomic E-state index is -5.75. The third-order valence-corrected chi connectivity index (χ3v) is 14.9. The molecule has 7 rings (SSSR count). The number of alkyl halides is 6. The Kier molecular flexibility index (Phi) is 8.71. The summed E-state index contributed by atoms with van der Waals surface area (Å²) in [5.74, 6) is -16.3. The summed E-state index contributed by atoms with van der Waals surface area (Å²) < 4.78 is 117. The number of rotatable bonds is 10. The molecule has 6 aromatic heterocycles. The fourth-order valence-corrected chi connectivity index (χ4v) is 11.5. The van der Waals surface area contributed by atoms with E-state index in [4.69, 9.17) is 18.9 Å². The SMILES string of the molecule is COc1ccc(-c2ccc(-c3sc(OC)cc3C3=C(c4cc(-c5ccc(OC)s5)sc4-c4ccc(OC)s4)C(F)(F)C(F)(F)C3(F)F)s2)s1. The van der Waals surface area contributed by atoms with Gasteiger partial charge in [-0.25, -0.2) is 0 Å². The summed E-state index contributed by atoms with van der Waals surface area (Å²) in [5.41, 5.74) is -3.74. The lowest BCUT2D eigenvalue weighted by molar-refractivity contribution is -0.254. The van der Waals surface area contributed by atoms with E-state index < -0.39 is 40.0 Å². The lowest BCUT2D eigenvalue weighted by Crippen LogP contribution is -2.48. The Morgan fingerprint density at radius 1 is 0.408 bits per heavy atom. The van der Waals surface area contributed by atoms with Crippen molar-refractivity contribution in [3.8, 4) is 59.3 Å². The second kappa shape index (κ2) is 12.5. The van der Waals surface area contributed by atoms with E-state index in [1.165, 1.54) is 68.5 Å². The number of thiophene rings is 6. The first-order valence-electron chi connectivity index (χ1n) is 14.1. The Morgan fingerprint density at radius 3 is 1.33 bits per heavy atom. The van der Waals surface area contributed by atoms with E-state index in [1.807, 2.05) is 6.07 Å². The zero-order valence-corrected chi connectivity index (χ0v) is 30.5. The van der Waals surface area contributed by atoms with Crippen LogP contribution in [0.3, 0.4) is 0 Å². The molecule has 16 heteroatoms. The fraction of sp³-hybridized carbons (Fsp3) is 0.212.